The number of hydrogen-bond acceptors (Lipinski definition) is 2. The Kier molecular flexibility index (Phi) is 10.9. The maximum absolute atomic E-state index is 13.2. The molecule has 3 heteroatoms. The second-order valence-electron chi connectivity index (χ2n) is 9.65. The lowest BCUT2D eigenvalue weighted by molar-refractivity contribution is 0.112. The van der Waals surface area contributed by atoms with Crippen molar-refractivity contribution in [2.24, 2.45) is 0 Å². The summed E-state index contributed by atoms with van der Waals surface area (Å²) < 4.78 is 13.2. The highest BCUT2D eigenvalue weighted by Gasteiger charge is 2.26. The molecule has 2 nitrogen and oxygen atoms in total. The van der Waals surface area contributed by atoms with Gasteiger partial charge in [-0.15, -0.1) is 0 Å². The maximum atomic E-state index is 13.2. The Morgan fingerprint density at radius 3 is 1.69 bits per heavy atom. The molecule has 2 heterocycles. The topological polar surface area (TPSA) is 6.48 Å². The van der Waals surface area contributed by atoms with E-state index in [1.165, 1.54) is 50.3 Å². The first-order valence-corrected chi connectivity index (χ1v) is 12.3. The molecule has 0 bridgehead atoms. The predicted octanol–water partition coefficient (Wildman–Crippen LogP) is 8.02. The monoisotopic (exact) mass is 440 g/mol. The van der Waals surface area contributed by atoms with Gasteiger partial charge in [-0.25, -0.2) is 4.39 Å². The molecule has 0 N–H and O–H groups in total. The molecule has 2 aliphatic rings. The molecule has 2 aromatic rings. The van der Waals surface area contributed by atoms with Crippen molar-refractivity contribution in [3.63, 3.8) is 0 Å². The van der Waals surface area contributed by atoms with Crippen molar-refractivity contribution in [1.82, 2.24) is 9.80 Å². The van der Waals surface area contributed by atoms with Crippen LogP contribution in [-0.2, 0) is 0 Å². The fourth-order valence-corrected chi connectivity index (χ4v) is 5.25. The van der Waals surface area contributed by atoms with Crippen molar-refractivity contribution < 1.29 is 4.39 Å². The zero-order valence-electron chi connectivity index (χ0n) is 19.9. The summed E-state index contributed by atoms with van der Waals surface area (Å²) in [7, 11) is 0. The second-order valence-corrected chi connectivity index (χ2v) is 9.65. The average molecular weight is 441 g/mol. The Morgan fingerprint density at radius 1 is 0.688 bits per heavy atom. The van der Waals surface area contributed by atoms with Crippen molar-refractivity contribution in [1.29, 1.82) is 0 Å². The van der Waals surface area contributed by atoms with Gasteiger partial charge < -0.3 is 0 Å². The van der Waals surface area contributed by atoms with Crippen molar-refractivity contribution in [2.75, 3.05) is 13.1 Å². The first-order valence-electron chi connectivity index (χ1n) is 12.3. The quantitative estimate of drug-likeness (QED) is 0.475. The summed E-state index contributed by atoms with van der Waals surface area (Å²) in [5.41, 5.74) is 2.62. The number of benzene rings is 2. The van der Waals surface area contributed by atoms with Gasteiger partial charge in [-0.1, -0.05) is 62.7 Å². The number of nitrogens with zero attached hydrogens (tertiary/aromatic N) is 2. The van der Waals surface area contributed by atoms with E-state index in [0.717, 1.165) is 18.5 Å². The molecule has 0 aromatic heterocycles. The van der Waals surface area contributed by atoms with Gasteiger partial charge in [0.2, 0.25) is 0 Å². The molecule has 4 rings (SSSR count). The Morgan fingerprint density at radius 2 is 1.19 bits per heavy atom. The largest absolute Gasteiger partial charge is 0.294 e. The first-order chi connectivity index (χ1) is 15.0. The first kappa shape index (κ1) is 26.5. The van der Waals surface area contributed by atoms with Gasteiger partial charge in [-0.3, -0.25) is 9.80 Å². The smallest absolute Gasteiger partial charge is 0.123 e. The Labute approximate surface area is 196 Å². The third-order valence-electron chi connectivity index (χ3n) is 6.83. The molecule has 0 amide bonds. The van der Waals surface area contributed by atoms with Crippen LogP contribution in [0.5, 0.6) is 0 Å². The molecule has 32 heavy (non-hydrogen) atoms. The Hall–Kier alpha value is -1.71. The van der Waals surface area contributed by atoms with E-state index in [-0.39, 0.29) is 13.2 Å². The fourth-order valence-electron chi connectivity index (χ4n) is 5.25. The molecule has 0 saturated carbocycles. The predicted molar refractivity (Wildman–Crippen MR) is 136 cm³/mol. The zero-order valence-corrected chi connectivity index (χ0v) is 19.9. The van der Waals surface area contributed by atoms with Crippen LogP contribution in [0.25, 0.3) is 0 Å². The molecule has 2 atom stereocenters. The van der Waals surface area contributed by atoms with E-state index in [9.17, 15) is 4.39 Å². The van der Waals surface area contributed by atoms with Gasteiger partial charge in [0.05, 0.1) is 0 Å². The third-order valence-corrected chi connectivity index (χ3v) is 6.83. The van der Waals surface area contributed by atoms with Crippen LogP contribution in [0.3, 0.4) is 0 Å². The second kappa shape index (κ2) is 13.1. The lowest BCUT2D eigenvalue weighted by Crippen LogP contribution is -2.38. The summed E-state index contributed by atoms with van der Waals surface area (Å²) in [5.74, 6) is -0.119. The van der Waals surface area contributed by atoms with Gasteiger partial charge >= 0.3 is 0 Å². The molecule has 178 valence electrons. The lowest BCUT2D eigenvalue weighted by atomic mass is 9.94. The normalized spacial score (nSPS) is 22.2. The van der Waals surface area contributed by atoms with Crippen molar-refractivity contribution in [3.8, 4) is 0 Å². The van der Waals surface area contributed by atoms with Gasteiger partial charge in [0, 0.05) is 24.2 Å². The van der Waals surface area contributed by atoms with Crippen molar-refractivity contribution in [3.05, 3.63) is 71.5 Å². The summed E-state index contributed by atoms with van der Waals surface area (Å²) >= 11 is 0. The number of halogens is 1. The van der Waals surface area contributed by atoms with Crippen LogP contribution in [-0.4, -0.2) is 35.0 Å². The molecule has 0 aliphatic carbocycles. The molecule has 2 fully saturated rings. The van der Waals surface area contributed by atoms with Crippen LogP contribution in [0.4, 0.5) is 4.39 Å². The van der Waals surface area contributed by atoms with Gasteiger partial charge in [0.15, 0.2) is 0 Å². The molecule has 2 aliphatic heterocycles. The number of piperidine rings is 2. The lowest BCUT2D eigenvalue weighted by Gasteiger charge is -2.39. The van der Waals surface area contributed by atoms with Crippen LogP contribution in [0.15, 0.2) is 54.6 Å². The number of likely N-dealkylation sites (tertiary alicyclic amines) is 2. The van der Waals surface area contributed by atoms with E-state index < -0.39 is 0 Å². The molecule has 2 unspecified atom stereocenters. The van der Waals surface area contributed by atoms with Crippen LogP contribution in [0.2, 0.25) is 0 Å². The third kappa shape index (κ3) is 7.15. The van der Waals surface area contributed by atoms with Gasteiger partial charge in [0.25, 0.3) is 0 Å². The van der Waals surface area contributed by atoms with Crippen molar-refractivity contribution in [2.45, 2.75) is 97.8 Å². The van der Waals surface area contributed by atoms with E-state index in [0.29, 0.717) is 24.2 Å². The molecular weight excluding hydrogens is 395 g/mol. The van der Waals surface area contributed by atoms with Crippen LogP contribution >= 0.6 is 0 Å². The van der Waals surface area contributed by atoms with E-state index in [1.54, 1.807) is 6.07 Å². The highest BCUT2D eigenvalue weighted by atomic mass is 19.1. The Balaban J connectivity index is 0.000000220. The standard InChI is InChI=1S/C14H20FN.C14H21N.CH4/c1-11(2)16-9-4-3-8-14(16)12-6-5-7-13(15)10-12;1-12(2)15-11-7-6-10-14(15)13-8-4-3-5-9-13;/h5-7,10-11,14H,3-4,8-9H2,1-2H3;3-5,8-9,12,14H,6-7,10-11H2,1-2H3;1H4. The minimum atomic E-state index is -0.119. The highest BCUT2D eigenvalue weighted by Crippen LogP contribution is 2.33. The van der Waals surface area contributed by atoms with Crippen LogP contribution < -0.4 is 0 Å². The average Bonchev–Trinajstić information content (AvgIpc) is 2.80. The molecular formula is C29H45FN2. The minimum absolute atomic E-state index is 0. The minimum Gasteiger partial charge on any atom is -0.294 e. The van der Waals surface area contributed by atoms with Crippen LogP contribution in [0.1, 0.15) is 96.9 Å². The number of rotatable bonds is 4. The van der Waals surface area contributed by atoms with Gasteiger partial charge in [-0.2, -0.15) is 0 Å². The SMILES string of the molecule is C.CC(C)N1CCCCC1c1cccc(F)c1.CC(C)N1CCCCC1c1ccccc1. The van der Waals surface area contributed by atoms with Gasteiger partial charge in [0.1, 0.15) is 5.82 Å². The summed E-state index contributed by atoms with van der Waals surface area (Å²) in [4.78, 5) is 5.12. The zero-order chi connectivity index (χ0) is 22.2. The van der Waals surface area contributed by atoms with E-state index in [2.05, 4.69) is 73.9 Å². The van der Waals surface area contributed by atoms with E-state index >= 15 is 0 Å². The molecule has 2 aromatic carbocycles. The maximum Gasteiger partial charge on any atom is 0.123 e. The Bertz CT molecular complexity index is 774. The summed E-state index contributed by atoms with van der Waals surface area (Å²) in [5, 5.41) is 0. The molecule has 0 radical (unpaired) electrons. The van der Waals surface area contributed by atoms with Gasteiger partial charge in [-0.05, 0) is 89.7 Å². The molecule has 2 saturated heterocycles. The summed E-state index contributed by atoms with van der Waals surface area (Å²) in [6.07, 6.45) is 7.74. The number of hydrogen-bond donors (Lipinski definition) is 0. The summed E-state index contributed by atoms with van der Waals surface area (Å²) in [6.45, 7) is 11.5. The van der Waals surface area contributed by atoms with E-state index in [1.807, 2.05) is 6.07 Å². The summed E-state index contributed by atoms with van der Waals surface area (Å²) in [6, 6.07) is 20.3. The highest BCUT2D eigenvalue weighted by molar-refractivity contribution is 5.21. The fraction of sp³-hybridized carbons (Fsp3) is 0.586. The van der Waals surface area contributed by atoms with Crippen molar-refractivity contribution >= 4 is 0 Å². The van der Waals surface area contributed by atoms with E-state index in [4.69, 9.17) is 0 Å². The van der Waals surface area contributed by atoms with Crippen LogP contribution in [0, 0.1) is 5.82 Å². The molecule has 0 spiro atoms.